The summed E-state index contributed by atoms with van der Waals surface area (Å²) < 4.78 is 10.6. The summed E-state index contributed by atoms with van der Waals surface area (Å²) in [5.41, 5.74) is -0.397. The Kier molecular flexibility index (Phi) is 3.65. The van der Waals surface area contributed by atoms with Crippen molar-refractivity contribution < 1.29 is 19.2 Å². The molecule has 0 spiro atoms. The Morgan fingerprint density at radius 1 is 1.56 bits per heavy atom. The van der Waals surface area contributed by atoms with Crippen LogP contribution in [-0.2, 0) is 16.0 Å². The first-order chi connectivity index (χ1) is 8.46. The monoisotopic (exact) mass is 254 g/mol. The SMILES string of the molecule is CC(C)(CC(=O)O)Cc1nc(C2CCCO2)no1. The van der Waals surface area contributed by atoms with Gasteiger partial charge >= 0.3 is 5.97 Å². The number of carboxylic acids is 1. The average molecular weight is 254 g/mol. The summed E-state index contributed by atoms with van der Waals surface area (Å²) in [6.45, 7) is 4.48. The minimum Gasteiger partial charge on any atom is -0.481 e. The Hall–Kier alpha value is -1.43. The molecule has 100 valence electrons. The molecule has 1 unspecified atom stereocenters. The van der Waals surface area contributed by atoms with Crippen molar-refractivity contribution in [2.75, 3.05) is 6.61 Å². The van der Waals surface area contributed by atoms with Crippen LogP contribution >= 0.6 is 0 Å². The van der Waals surface area contributed by atoms with Gasteiger partial charge in [-0.1, -0.05) is 19.0 Å². The molecule has 1 aromatic heterocycles. The van der Waals surface area contributed by atoms with E-state index in [9.17, 15) is 4.79 Å². The zero-order chi connectivity index (χ0) is 13.2. The van der Waals surface area contributed by atoms with Gasteiger partial charge in [0, 0.05) is 13.0 Å². The zero-order valence-corrected chi connectivity index (χ0v) is 10.7. The smallest absolute Gasteiger partial charge is 0.303 e. The largest absolute Gasteiger partial charge is 0.481 e. The van der Waals surface area contributed by atoms with E-state index in [4.69, 9.17) is 14.4 Å². The molecule has 0 aromatic carbocycles. The van der Waals surface area contributed by atoms with Crippen molar-refractivity contribution in [2.24, 2.45) is 5.41 Å². The lowest BCUT2D eigenvalue weighted by atomic mass is 9.86. The van der Waals surface area contributed by atoms with E-state index in [0.717, 1.165) is 19.4 Å². The number of aliphatic carboxylic acids is 1. The fraction of sp³-hybridized carbons (Fsp3) is 0.750. The summed E-state index contributed by atoms with van der Waals surface area (Å²) in [5, 5.41) is 12.7. The molecular weight excluding hydrogens is 236 g/mol. The quantitative estimate of drug-likeness (QED) is 0.864. The van der Waals surface area contributed by atoms with Crippen molar-refractivity contribution in [1.82, 2.24) is 10.1 Å². The van der Waals surface area contributed by atoms with Crippen molar-refractivity contribution in [3.8, 4) is 0 Å². The molecule has 6 heteroatoms. The lowest BCUT2D eigenvalue weighted by Gasteiger charge is -2.19. The standard InChI is InChI=1S/C12H18N2O4/c1-12(2,7-10(15)16)6-9-13-11(14-18-9)8-4-3-5-17-8/h8H,3-7H2,1-2H3,(H,15,16). The Bertz CT molecular complexity index is 421. The minimum atomic E-state index is -0.820. The Labute approximate surface area is 105 Å². The maximum Gasteiger partial charge on any atom is 0.303 e. The molecule has 0 amide bonds. The lowest BCUT2D eigenvalue weighted by Crippen LogP contribution is -2.19. The van der Waals surface area contributed by atoms with Crippen LogP contribution in [0.3, 0.4) is 0 Å². The van der Waals surface area contributed by atoms with Crippen molar-refractivity contribution >= 4 is 5.97 Å². The number of nitrogens with zero attached hydrogens (tertiary/aromatic N) is 2. The number of hydrogen-bond acceptors (Lipinski definition) is 5. The van der Waals surface area contributed by atoms with E-state index in [-0.39, 0.29) is 12.5 Å². The van der Waals surface area contributed by atoms with E-state index >= 15 is 0 Å². The molecule has 0 bridgehead atoms. The first kappa shape index (κ1) is 13.0. The van der Waals surface area contributed by atoms with Gasteiger partial charge in [-0.05, 0) is 18.3 Å². The van der Waals surface area contributed by atoms with Gasteiger partial charge in [-0.25, -0.2) is 0 Å². The van der Waals surface area contributed by atoms with E-state index < -0.39 is 11.4 Å². The fourth-order valence-corrected chi connectivity index (χ4v) is 2.13. The second-order valence-electron chi connectivity index (χ2n) is 5.46. The first-order valence-electron chi connectivity index (χ1n) is 6.12. The third-order valence-electron chi connectivity index (χ3n) is 2.96. The number of ether oxygens (including phenoxy) is 1. The molecule has 18 heavy (non-hydrogen) atoms. The molecule has 2 rings (SSSR count). The molecule has 0 saturated carbocycles. The highest BCUT2D eigenvalue weighted by atomic mass is 16.5. The molecule has 1 aromatic rings. The number of aromatic nitrogens is 2. The van der Waals surface area contributed by atoms with E-state index in [2.05, 4.69) is 10.1 Å². The molecule has 1 N–H and O–H groups in total. The number of rotatable bonds is 5. The molecule has 1 aliphatic rings. The Morgan fingerprint density at radius 2 is 2.33 bits per heavy atom. The van der Waals surface area contributed by atoms with Gasteiger partial charge in [0.05, 0.1) is 6.42 Å². The van der Waals surface area contributed by atoms with E-state index in [1.54, 1.807) is 0 Å². The highest BCUT2D eigenvalue weighted by molar-refractivity contribution is 5.67. The first-order valence-corrected chi connectivity index (χ1v) is 6.12. The van der Waals surface area contributed by atoms with Crippen LogP contribution in [0.15, 0.2) is 4.52 Å². The summed E-state index contributed by atoms with van der Waals surface area (Å²) in [6, 6.07) is 0. The van der Waals surface area contributed by atoms with E-state index in [1.165, 1.54) is 0 Å². The fourth-order valence-electron chi connectivity index (χ4n) is 2.13. The van der Waals surface area contributed by atoms with Crippen LogP contribution in [-0.4, -0.2) is 27.8 Å². The van der Waals surface area contributed by atoms with Gasteiger partial charge in [-0.15, -0.1) is 0 Å². The van der Waals surface area contributed by atoms with Gasteiger partial charge in [0.15, 0.2) is 0 Å². The van der Waals surface area contributed by atoms with Crippen molar-refractivity contribution in [2.45, 2.75) is 45.6 Å². The highest BCUT2D eigenvalue weighted by Gasteiger charge is 2.27. The molecule has 1 fully saturated rings. The summed E-state index contributed by atoms with van der Waals surface area (Å²) in [4.78, 5) is 15.0. The summed E-state index contributed by atoms with van der Waals surface area (Å²) in [6.07, 6.45) is 2.39. The van der Waals surface area contributed by atoms with E-state index in [1.807, 2.05) is 13.8 Å². The lowest BCUT2D eigenvalue weighted by molar-refractivity contribution is -0.139. The molecule has 1 saturated heterocycles. The van der Waals surface area contributed by atoms with Crippen LogP contribution in [0.4, 0.5) is 0 Å². The molecule has 2 heterocycles. The van der Waals surface area contributed by atoms with Gasteiger partial charge < -0.3 is 14.4 Å². The Morgan fingerprint density at radius 3 is 2.94 bits per heavy atom. The zero-order valence-electron chi connectivity index (χ0n) is 10.7. The molecule has 6 nitrogen and oxygen atoms in total. The Balaban J connectivity index is 1.99. The third-order valence-corrected chi connectivity index (χ3v) is 2.96. The van der Waals surface area contributed by atoms with Gasteiger partial charge in [-0.3, -0.25) is 4.79 Å². The summed E-state index contributed by atoms with van der Waals surface area (Å²) in [7, 11) is 0. The topological polar surface area (TPSA) is 85.5 Å². The number of hydrogen-bond donors (Lipinski definition) is 1. The van der Waals surface area contributed by atoms with Gasteiger partial charge in [0.1, 0.15) is 6.10 Å². The van der Waals surface area contributed by atoms with Crippen LogP contribution < -0.4 is 0 Å². The molecular formula is C12H18N2O4. The highest BCUT2D eigenvalue weighted by Crippen LogP contribution is 2.29. The third kappa shape index (κ3) is 3.29. The average Bonchev–Trinajstić information content (AvgIpc) is 2.82. The molecule has 0 aliphatic carbocycles. The molecule has 0 radical (unpaired) electrons. The second-order valence-corrected chi connectivity index (χ2v) is 5.46. The van der Waals surface area contributed by atoms with Gasteiger partial charge in [0.2, 0.25) is 11.7 Å². The minimum absolute atomic E-state index is 0.0647. The predicted molar refractivity (Wildman–Crippen MR) is 62.0 cm³/mol. The van der Waals surface area contributed by atoms with Crippen molar-refractivity contribution in [3.05, 3.63) is 11.7 Å². The van der Waals surface area contributed by atoms with Gasteiger partial charge in [0.25, 0.3) is 0 Å². The van der Waals surface area contributed by atoms with Gasteiger partial charge in [-0.2, -0.15) is 4.98 Å². The van der Waals surface area contributed by atoms with Crippen LogP contribution in [0.2, 0.25) is 0 Å². The van der Waals surface area contributed by atoms with Crippen LogP contribution in [0.25, 0.3) is 0 Å². The van der Waals surface area contributed by atoms with Crippen LogP contribution in [0.1, 0.15) is 50.9 Å². The number of carboxylic acid groups (broad SMARTS) is 1. The number of carbonyl (C=O) groups is 1. The van der Waals surface area contributed by atoms with Crippen LogP contribution in [0.5, 0.6) is 0 Å². The normalized spacial score (nSPS) is 20.2. The second kappa shape index (κ2) is 5.06. The maximum absolute atomic E-state index is 10.7. The maximum atomic E-state index is 10.7. The predicted octanol–water partition coefficient (Wildman–Crippen LogP) is 1.96. The molecule has 1 atom stereocenters. The summed E-state index contributed by atoms with van der Waals surface area (Å²) in [5.74, 6) is 0.235. The van der Waals surface area contributed by atoms with Crippen LogP contribution in [0, 0.1) is 5.41 Å². The van der Waals surface area contributed by atoms with Crippen molar-refractivity contribution in [3.63, 3.8) is 0 Å². The van der Waals surface area contributed by atoms with E-state index in [0.29, 0.717) is 18.1 Å². The molecule has 1 aliphatic heterocycles. The summed E-state index contributed by atoms with van der Waals surface area (Å²) >= 11 is 0. The van der Waals surface area contributed by atoms with Crippen molar-refractivity contribution in [1.29, 1.82) is 0 Å².